The first-order chi connectivity index (χ1) is 19.5. The number of anilines is 1. The predicted octanol–water partition coefficient (Wildman–Crippen LogP) is 5.31. The molecule has 0 aromatic heterocycles. The van der Waals surface area contributed by atoms with Gasteiger partial charge in [-0.15, -0.1) is 0 Å². The lowest BCUT2D eigenvalue weighted by molar-refractivity contribution is -0.122. The van der Waals surface area contributed by atoms with E-state index >= 15 is 0 Å². The van der Waals surface area contributed by atoms with Gasteiger partial charge in [0, 0.05) is 35.0 Å². The first-order valence-electron chi connectivity index (χ1n) is 14.6. The van der Waals surface area contributed by atoms with Crippen molar-refractivity contribution in [1.82, 2.24) is 4.72 Å². The standard InChI is InChI=1S/C32H37ClN2O5S/c1-20-5-11-29(36)26-9-6-24(26)16-35-18-32(13-3-4-22-14-25(33)8-10-27(22)32)19-40-30-12-7-23(15-28(30)35)31(37)34-41(38,39)17-21(20)2/h5,7-8,10-12,14-15,20-21,24,26H,3-4,6,9,13,16-19H2,1-2H3,(H,34,37)/b11-5+/t20-,21+,24+,26-,32+/m1/s1. The third-order valence-electron chi connectivity index (χ3n) is 9.73. The summed E-state index contributed by atoms with van der Waals surface area (Å²) in [6.45, 7) is 5.53. The van der Waals surface area contributed by atoms with E-state index in [9.17, 15) is 18.0 Å². The number of nitrogens with one attached hydrogen (secondary N) is 1. The zero-order valence-electron chi connectivity index (χ0n) is 23.6. The number of carbonyl (C=O) groups is 2. The quantitative estimate of drug-likeness (QED) is 0.443. The lowest BCUT2D eigenvalue weighted by atomic mass is 9.68. The van der Waals surface area contributed by atoms with Gasteiger partial charge in [-0.3, -0.25) is 9.59 Å². The van der Waals surface area contributed by atoms with Crippen LogP contribution in [0.25, 0.3) is 0 Å². The van der Waals surface area contributed by atoms with Crippen molar-refractivity contribution in [2.45, 2.75) is 51.4 Å². The van der Waals surface area contributed by atoms with E-state index in [1.807, 2.05) is 26.0 Å². The molecule has 2 heterocycles. The number of fused-ring (bicyclic) bond motifs is 4. The van der Waals surface area contributed by atoms with Crippen molar-refractivity contribution >= 4 is 39.0 Å². The van der Waals surface area contributed by atoms with Gasteiger partial charge in [-0.05, 0) is 97.4 Å². The molecule has 1 fully saturated rings. The Morgan fingerprint density at radius 1 is 1.10 bits per heavy atom. The van der Waals surface area contributed by atoms with E-state index in [2.05, 4.69) is 21.8 Å². The van der Waals surface area contributed by atoms with E-state index in [1.54, 1.807) is 24.3 Å². The number of rotatable bonds is 0. The van der Waals surface area contributed by atoms with Crippen LogP contribution in [-0.4, -0.2) is 45.6 Å². The molecule has 5 atom stereocenters. The van der Waals surface area contributed by atoms with Crippen LogP contribution in [0.3, 0.4) is 0 Å². The van der Waals surface area contributed by atoms with Gasteiger partial charge >= 0.3 is 0 Å². The summed E-state index contributed by atoms with van der Waals surface area (Å²) in [6, 6.07) is 11.3. The van der Waals surface area contributed by atoms with Crippen molar-refractivity contribution in [3.05, 3.63) is 70.3 Å². The van der Waals surface area contributed by atoms with Crippen LogP contribution in [-0.2, 0) is 26.7 Å². The van der Waals surface area contributed by atoms with Crippen LogP contribution in [0.15, 0.2) is 48.6 Å². The molecule has 2 bridgehead atoms. The Labute approximate surface area is 247 Å². The molecule has 2 aliphatic heterocycles. The number of ketones is 1. The van der Waals surface area contributed by atoms with Crippen molar-refractivity contribution in [2.75, 3.05) is 30.3 Å². The third-order valence-corrected chi connectivity index (χ3v) is 11.4. The fourth-order valence-electron chi connectivity index (χ4n) is 7.00. The van der Waals surface area contributed by atoms with Crippen molar-refractivity contribution in [2.24, 2.45) is 23.7 Å². The van der Waals surface area contributed by atoms with Crippen LogP contribution >= 0.6 is 11.6 Å². The number of ether oxygens (including phenoxy) is 1. The highest BCUT2D eigenvalue weighted by Gasteiger charge is 2.44. The Kier molecular flexibility index (Phi) is 7.43. The second-order valence-corrected chi connectivity index (χ2v) is 14.7. The summed E-state index contributed by atoms with van der Waals surface area (Å²) < 4.78 is 34.6. The first-order valence-corrected chi connectivity index (χ1v) is 16.6. The molecule has 1 saturated carbocycles. The molecule has 7 nitrogen and oxygen atoms in total. The minimum absolute atomic E-state index is 0.0714. The third kappa shape index (κ3) is 5.53. The van der Waals surface area contributed by atoms with Crippen LogP contribution in [0.4, 0.5) is 5.69 Å². The molecule has 9 heteroatoms. The summed E-state index contributed by atoms with van der Waals surface area (Å²) in [6.07, 6.45) is 8.20. The van der Waals surface area contributed by atoms with Crippen molar-refractivity contribution in [1.29, 1.82) is 0 Å². The molecule has 41 heavy (non-hydrogen) atoms. The highest BCUT2D eigenvalue weighted by molar-refractivity contribution is 7.90. The lowest BCUT2D eigenvalue weighted by Gasteiger charge is -2.44. The normalized spacial score (nSPS) is 32.0. The summed E-state index contributed by atoms with van der Waals surface area (Å²) in [5, 5.41) is 0.724. The first kappa shape index (κ1) is 28.3. The van der Waals surface area contributed by atoms with Gasteiger partial charge in [0.15, 0.2) is 5.78 Å². The predicted molar refractivity (Wildman–Crippen MR) is 160 cm³/mol. The van der Waals surface area contributed by atoms with E-state index in [0.29, 0.717) is 25.4 Å². The topological polar surface area (TPSA) is 92.8 Å². The van der Waals surface area contributed by atoms with E-state index in [4.69, 9.17) is 16.3 Å². The van der Waals surface area contributed by atoms with Gasteiger partial charge in [0.2, 0.25) is 10.0 Å². The second kappa shape index (κ2) is 10.8. The number of hydrogen-bond donors (Lipinski definition) is 1. The maximum Gasteiger partial charge on any atom is 0.264 e. The number of sulfonamides is 1. The molecule has 1 spiro atoms. The summed E-state index contributed by atoms with van der Waals surface area (Å²) in [4.78, 5) is 28.8. The van der Waals surface area contributed by atoms with Gasteiger partial charge in [0.05, 0.1) is 18.0 Å². The number of benzene rings is 2. The number of amides is 1. The summed E-state index contributed by atoms with van der Waals surface area (Å²) in [7, 11) is -3.89. The molecule has 218 valence electrons. The largest absolute Gasteiger partial charge is 0.490 e. The molecule has 0 saturated heterocycles. The molecule has 2 aromatic rings. The number of nitrogens with zero attached hydrogens (tertiary/aromatic N) is 1. The van der Waals surface area contributed by atoms with E-state index in [1.165, 1.54) is 11.1 Å². The Hall–Kier alpha value is -2.84. The average molecular weight is 597 g/mol. The summed E-state index contributed by atoms with van der Waals surface area (Å²) in [5.74, 6) is -0.385. The summed E-state index contributed by atoms with van der Waals surface area (Å²) in [5.41, 5.74) is 3.23. The Morgan fingerprint density at radius 2 is 1.93 bits per heavy atom. The van der Waals surface area contributed by atoms with Crippen LogP contribution in [0.5, 0.6) is 5.75 Å². The molecule has 1 amide bonds. The van der Waals surface area contributed by atoms with Crippen LogP contribution in [0.2, 0.25) is 5.02 Å². The van der Waals surface area contributed by atoms with E-state index in [0.717, 1.165) is 42.8 Å². The number of allylic oxidation sites excluding steroid dienone is 2. The van der Waals surface area contributed by atoms with Crippen LogP contribution < -0.4 is 14.4 Å². The molecule has 1 N–H and O–H groups in total. The zero-order valence-corrected chi connectivity index (χ0v) is 25.1. The fourth-order valence-corrected chi connectivity index (χ4v) is 8.67. The van der Waals surface area contributed by atoms with Gasteiger partial charge in [-0.1, -0.05) is 37.6 Å². The van der Waals surface area contributed by atoms with Crippen LogP contribution in [0, 0.1) is 23.7 Å². The minimum atomic E-state index is -3.89. The number of carbonyl (C=O) groups excluding carboxylic acids is 2. The van der Waals surface area contributed by atoms with E-state index in [-0.39, 0.29) is 46.2 Å². The number of hydrogen-bond acceptors (Lipinski definition) is 6. The van der Waals surface area contributed by atoms with Crippen molar-refractivity contribution in [3.63, 3.8) is 0 Å². The smallest absolute Gasteiger partial charge is 0.264 e. The molecule has 4 aliphatic rings. The van der Waals surface area contributed by atoms with Gasteiger partial charge in [0.1, 0.15) is 5.75 Å². The molecule has 0 unspecified atom stereocenters. The highest BCUT2D eigenvalue weighted by Crippen LogP contribution is 2.46. The fraction of sp³-hybridized carbons (Fsp3) is 0.500. The van der Waals surface area contributed by atoms with Gasteiger partial charge in [-0.25, -0.2) is 13.1 Å². The Bertz CT molecular complexity index is 1520. The minimum Gasteiger partial charge on any atom is -0.490 e. The Balaban J connectivity index is 1.42. The molecule has 0 radical (unpaired) electrons. The zero-order chi connectivity index (χ0) is 28.9. The molecule has 2 aliphatic carbocycles. The molecular weight excluding hydrogens is 560 g/mol. The van der Waals surface area contributed by atoms with E-state index < -0.39 is 15.9 Å². The maximum absolute atomic E-state index is 13.3. The maximum atomic E-state index is 13.3. The van der Waals surface area contributed by atoms with Crippen molar-refractivity contribution in [3.8, 4) is 5.75 Å². The lowest BCUT2D eigenvalue weighted by Crippen LogP contribution is -2.49. The van der Waals surface area contributed by atoms with Gasteiger partial charge < -0.3 is 9.64 Å². The van der Waals surface area contributed by atoms with Gasteiger partial charge in [0.25, 0.3) is 5.91 Å². The van der Waals surface area contributed by atoms with Gasteiger partial charge in [-0.2, -0.15) is 0 Å². The molecule has 2 aromatic carbocycles. The Morgan fingerprint density at radius 3 is 2.71 bits per heavy atom. The SMILES string of the molecule is C[C@@H]1/C=C/C(=O)[C@@H]2CC[C@H]2CN2C[C@@]3(CCCc4cc(Cl)ccc43)COc3ccc(cc32)C(=O)NS(=O)(=O)C[C@@H]1C. The number of halogens is 1. The molecule has 6 rings (SSSR count). The second-order valence-electron chi connectivity index (χ2n) is 12.5. The van der Waals surface area contributed by atoms with Crippen molar-refractivity contribution < 1.29 is 22.7 Å². The number of aryl methyl sites for hydroxylation is 1. The van der Waals surface area contributed by atoms with Crippen LogP contribution in [0.1, 0.15) is 61.0 Å². The molecular formula is C32H37ClN2O5S. The summed E-state index contributed by atoms with van der Waals surface area (Å²) >= 11 is 6.37. The average Bonchev–Trinajstić information content (AvgIpc) is 3.05. The monoisotopic (exact) mass is 596 g/mol. The highest BCUT2D eigenvalue weighted by atomic mass is 35.5.